The molecule has 0 aliphatic carbocycles. The number of nitrogens with one attached hydrogen (secondary N) is 1. The van der Waals surface area contributed by atoms with Crippen molar-refractivity contribution >= 4 is 5.71 Å². The van der Waals surface area contributed by atoms with Gasteiger partial charge in [-0.1, -0.05) is 30.3 Å². The number of hydrogen-bond donors (Lipinski definition) is 2. The van der Waals surface area contributed by atoms with Gasteiger partial charge in [0.15, 0.2) is 12.3 Å². The van der Waals surface area contributed by atoms with Gasteiger partial charge in [-0.05, 0) is 13.8 Å². The van der Waals surface area contributed by atoms with Crippen LogP contribution in [0.1, 0.15) is 32.8 Å². The van der Waals surface area contributed by atoms with E-state index in [1.165, 1.54) is 5.56 Å². The molecule has 0 bridgehead atoms. The molecule has 0 heterocycles. The SMILES string of the molecule is CC(CC(C)(C)O)=[NH+]Cc1ccccc1.[Cl-]. The van der Waals surface area contributed by atoms with Crippen LogP contribution >= 0.6 is 0 Å². The molecule has 0 aliphatic heterocycles. The van der Waals surface area contributed by atoms with Gasteiger partial charge in [0.2, 0.25) is 0 Å². The summed E-state index contributed by atoms with van der Waals surface area (Å²) < 4.78 is 0. The summed E-state index contributed by atoms with van der Waals surface area (Å²) in [6, 6.07) is 10.2. The maximum Gasteiger partial charge on any atom is 0.166 e. The Morgan fingerprint density at radius 3 is 2.31 bits per heavy atom. The molecule has 0 radical (unpaired) electrons. The van der Waals surface area contributed by atoms with Crippen molar-refractivity contribution in [3.8, 4) is 0 Å². The number of benzene rings is 1. The number of hydrogen-bond acceptors (Lipinski definition) is 1. The summed E-state index contributed by atoms with van der Waals surface area (Å²) in [6.45, 7) is 6.48. The molecule has 2 N–H and O–H groups in total. The van der Waals surface area contributed by atoms with E-state index in [0.717, 1.165) is 12.3 Å². The lowest BCUT2D eigenvalue weighted by molar-refractivity contribution is -0.477. The molecule has 0 saturated heterocycles. The van der Waals surface area contributed by atoms with Gasteiger partial charge in [0.25, 0.3) is 0 Å². The van der Waals surface area contributed by atoms with E-state index >= 15 is 0 Å². The molecule has 0 saturated carbocycles. The van der Waals surface area contributed by atoms with Crippen LogP contribution in [0.15, 0.2) is 30.3 Å². The fraction of sp³-hybridized carbons (Fsp3) is 0.462. The predicted molar refractivity (Wildman–Crippen MR) is 62.7 cm³/mol. The van der Waals surface area contributed by atoms with Crippen LogP contribution in [-0.4, -0.2) is 16.4 Å². The Morgan fingerprint density at radius 2 is 1.81 bits per heavy atom. The van der Waals surface area contributed by atoms with E-state index in [2.05, 4.69) is 17.1 Å². The average Bonchev–Trinajstić information content (AvgIpc) is 2.14. The zero-order valence-corrected chi connectivity index (χ0v) is 10.9. The largest absolute Gasteiger partial charge is 1.00 e. The zero-order chi connectivity index (χ0) is 11.3. The first-order chi connectivity index (χ1) is 6.97. The second-order valence-electron chi connectivity index (χ2n) is 4.61. The molecule has 0 aliphatic rings. The van der Waals surface area contributed by atoms with Crippen molar-refractivity contribution < 1.29 is 22.5 Å². The fourth-order valence-electron chi connectivity index (χ4n) is 1.56. The smallest absolute Gasteiger partial charge is 0.166 e. The van der Waals surface area contributed by atoms with Crippen LogP contribution in [0.2, 0.25) is 0 Å². The van der Waals surface area contributed by atoms with Gasteiger partial charge in [0.05, 0.1) is 12.0 Å². The summed E-state index contributed by atoms with van der Waals surface area (Å²) in [4.78, 5) is 3.31. The lowest BCUT2D eigenvalue weighted by Crippen LogP contribution is -3.00. The zero-order valence-electron chi connectivity index (χ0n) is 10.1. The highest BCUT2D eigenvalue weighted by Crippen LogP contribution is 2.05. The Hall–Kier alpha value is -0.860. The third-order valence-electron chi connectivity index (χ3n) is 2.13. The molecular formula is C13H20ClNO. The Kier molecular flexibility index (Phi) is 6.31. The van der Waals surface area contributed by atoms with Gasteiger partial charge >= 0.3 is 0 Å². The van der Waals surface area contributed by atoms with Gasteiger partial charge in [-0.2, -0.15) is 0 Å². The molecule has 0 fully saturated rings. The molecule has 0 atom stereocenters. The maximum atomic E-state index is 9.62. The first-order valence-corrected chi connectivity index (χ1v) is 5.30. The van der Waals surface area contributed by atoms with E-state index in [0.29, 0.717) is 6.42 Å². The van der Waals surface area contributed by atoms with E-state index in [1.807, 2.05) is 39.0 Å². The first-order valence-electron chi connectivity index (χ1n) is 5.30. The predicted octanol–water partition coefficient (Wildman–Crippen LogP) is -2.11. The molecule has 0 spiro atoms. The Bertz CT molecular complexity index is 328. The summed E-state index contributed by atoms with van der Waals surface area (Å²) in [5.74, 6) is 0. The minimum atomic E-state index is -0.631. The fourth-order valence-corrected chi connectivity index (χ4v) is 1.56. The van der Waals surface area contributed by atoms with Crippen molar-refractivity contribution in [3.05, 3.63) is 35.9 Å². The third kappa shape index (κ3) is 6.59. The molecule has 1 rings (SSSR count). The maximum absolute atomic E-state index is 9.62. The van der Waals surface area contributed by atoms with Crippen LogP contribution < -0.4 is 17.4 Å². The van der Waals surface area contributed by atoms with Crippen LogP contribution in [0.25, 0.3) is 0 Å². The number of rotatable bonds is 4. The number of halogens is 1. The minimum Gasteiger partial charge on any atom is -1.00 e. The quantitative estimate of drug-likeness (QED) is 0.582. The van der Waals surface area contributed by atoms with Gasteiger partial charge in [-0.3, -0.25) is 0 Å². The molecule has 0 unspecified atom stereocenters. The second-order valence-corrected chi connectivity index (χ2v) is 4.61. The van der Waals surface area contributed by atoms with Gasteiger partial charge in [0.1, 0.15) is 0 Å². The lowest BCUT2D eigenvalue weighted by Gasteiger charge is -2.13. The van der Waals surface area contributed by atoms with Gasteiger partial charge < -0.3 is 17.5 Å². The van der Waals surface area contributed by atoms with Gasteiger partial charge in [-0.15, -0.1) is 0 Å². The first kappa shape index (κ1) is 15.1. The van der Waals surface area contributed by atoms with Crippen molar-refractivity contribution in [3.63, 3.8) is 0 Å². The molecule has 1 aromatic carbocycles. The molecule has 0 amide bonds. The minimum absolute atomic E-state index is 0. The monoisotopic (exact) mass is 241 g/mol. The van der Waals surface area contributed by atoms with Crippen LogP contribution in [0.5, 0.6) is 0 Å². The van der Waals surface area contributed by atoms with Crippen LogP contribution in [0, 0.1) is 0 Å². The summed E-state index contributed by atoms with van der Waals surface area (Å²) >= 11 is 0. The van der Waals surface area contributed by atoms with Crippen LogP contribution in [0.3, 0.4) is 0 Å². The third-order valence-corrected chi connectivity index (χ3v) is 2.13. The molecular weight excluding hydrogens is 222 g/mol. The molecule has 3 heteroatoms. The highest BCUT2D eigenvalue weighted by Gasteiger charge is 2.16. The summed E-state index contributed by atoms with van der Waals surface area (Å²) in [5, 5.41) is 9.62. The highest BCUT2D eigenvalue weighted by molar-refractivity contribution is 5.76. The molecule has 90 valence electrons. The number of aliphatic hydroxyl groups is 1. The second kappa shape index (κ2) is 6.66. The highest BCUT2D eigenvalue weighted by atomic mass is 35.5. The molecule has 0 aromatic heterocycles. The van der Waals surface area contributed by atoms with E-state index in [1.54, 1.807) is 0 Å². The summed E-state index contributed by atoms with van der Waals surface area (Å²) in [7, 11) is 0. The molecule has 16 heavy (non-hydrogen) atoms. The van der Waals surface area contributed by atoms with Crippen molar-refractivity contribution in [2.75, 3.05) is 0 Å². The van der Waals surface area contributed by atoms with Crippen LogP contribution in [0.4, 0.5) is 0 Å². The summed E-state index contributed by atoms with van der Waals surface area (Å²) in [5.41, 5.74) is 1.74. The van der Waals surface area contributed by atoms with E-state index in [4.69, 9.17) is 0 Å². The van der Waals surface area contributed by atoms with Crippen molar-refractivity contribution in [1.29, 1.82) is 0 Å². The standard InChI is InChI=1S/C13H19NO.ClH/c1-11(9-13(2,3)15)14-10-12-7-5-4-6-8-12;/h4-8,15H,9-10H2,1-3H3;1H. The van der Waals surface area contributed by atoms with Crippen molar-refractivity contribution in [2.24, 2.45) is 0 Å². The van der Waals surface area contributed by atoms with E-state index < -0.39 is 5.60 Å². The van der Waals surface area contributed by atoms with E-state index in [9.17, 15) is 5.11 Å². The average molecular weight is 242 g/mol. The topological polar surface area (TPSA) is 34.2 Å². The lowest BCUT2D eigenvalue weighted by atomic mass is 10.0. The molecule has 2 nitrogen and oxygen atoms in total. The van der Waals surface area contributed by atoms with Gasteiger partial charge in [-0.25, -0.2) is 4.99 Å². The normalized spacial score (nSPS) is 12.1. The van der Waals surface area contributed by atoms with Crippen molar-refractivity contribution in [2.45, 2.75) is 39.3 Å². The Balaban J connectivity index is 0.00000225. The van der Waals surface area contributed by atoms with E-state index in [-0.39, 0.29) is 12.4 Å². The Morgan fingerprint density at radius 1 is 1.25 bits per heavy atom. The van der Waals surface area contributed by atoms with Crippen LogP contribution in [-0.2, 0) is 6.54 Å². The Labute approximate surface area is 104 Å². The van der Waals surface area contributed by atoms with Crippen molar-refractivity contribution in [1.82, 2.24) is 0 Å². The summed E-state index contributed by atoms with van der Waals surface area (Å²) in [6.07, 6.45) is 0.680. The molecule has 1 aromatic rings. The van der Waals surface area contributed by atoms with Gasteiger partial charge in [0, 0.05) is 12.5 Å².